The molecule has 2 heterocycles. The fourth-order valence-electron chi connectivity index (χ4n) is 3.39. The van der Waals surface area contributed by atoms with Crippen molar-refractivity contribution in [1.82, 2.24) is 24.2 Å². The van der Waals surface area contributed by atoms with Gasteiger partial charge in [-0.25, -0.2) is 4.98 Å². The molecule has 0 aliphatic heterocycles. The van der Waals surface area contributed by atoms with Crippen molar-refractivity contribution in [2.75, 3.05) is 7.05 Å². The number of para-hydroxylation sites is 2. The summed E-state index contributed by atoms with van der Waals surface area (Å²) in [4.78, 5) is 18.9. The van der Waals surface area contributed by atoms with Crippen LogP contribution in [0.4, 0.5) is 0 Å². The lowest BCUT2D eigenvalue weighted by atomic mass is 10.0. The number of aryl methyl sites for hydroxylation is 3. The minimum absolute atomic E-state index is 0.000677. The summed E-state index contributed by atoms with van der Waals surface area (Å²) in [6.45, 7) is 6.72. The van der Waals surface area contributed by atoms with E-state index in [1.807, 2.05) is 66.4 Å². The number of aromatic nitrogens is 4. The summed E-state index contributed by atoms with van der Waals surface area (Å²) >= 11 is 0. The smallest absolute Gasteiger partial charge is 0.224 e. The maximum absolute atomic E-state index is 12.7. The molecular formula is C19H25N5O. The predicted octanol–water partition coefficient (Wildman–Crippen LogP) is 3.00. The molecule has 132 valence electrons. The van der Waals surface area contributed by atoms with Crippen LogP contribution in [0.15, 0.2) is 30.6 Å². The number of hydrogen-bond acceptors (Lipinski definition) is 3. The van der Waals surface area contributed by atoms with E-state index in [2.05, 4.69) is 17.0 Å². The molecule has 3 rings (SSSR count). The van der Waals surface area contributed by atoms with Crippen LogP contribution in [0.2, 0.25) is 0 Å². The van der Waals surface area contributed by atoms with Gasteiger partial charge in [0, 0.05) is 38.3 Å². The highest BCUT2D eigenvalue weighted by atomic mass is 16.2. The molecular weight excluding hydrogens is 314 g/mol. The van der Waals surface area contributed by atoms with E-state index in [1.165, 1.54) is 0 Å². The number of fused-ring (bicyclic) bond motifs is 1. The van der Waals surface area contributed by atoms with Gasteiger partial charge in [-0.2, -0.15) is 5.10 Å². The fourth-order valence-corrected chi connectivity index (χ4v) is 3.39. The zero-order valence-corrected chi connectivity index (χ0v) is 15.5. The summed E-state index contributed by atoms with van der Waals surface area (Å²) in [5.41, 5.74) is 5.23. The van der Waals surface area contributed by atoms with E-state index < -0.39 is 0 Å². The van der Waals surface area contributed by atoms with Gasteiger partial charge in [0.2, 0.25) is 5.91 Å². The van der Waals surface area contributed by atoms with E-state index in [-0.39, 0.29) is 11.9 Å². The first-order valence-corrected chi connectivity index (χ1v) is 8.55. The zero-order valence-electron chi connectivity index (χ0n) is 15.5. The number of carbonyl (C=O) groups excluding carboxylic acids is 1. The van der Waals surface area contributed by atoms with Crippen LogP contribution in [0.3, 0.4) is 0 Å². The Morgan fingerprint density at radius 2 is 2.00 bits per heavy atom. The Kier molecular flexibility index (Phi) is 4.61. The Morgan fingerprint density at radius 3 is 2.68 bits per heavy atom. The Labute approximate surface area is 148 Å². The maximum atomic E-state index is 12.7. The highest BCUT2D eigenvalue weighted by molar-refractivity contribution is 5.77. The van der Waals surface area contributed by atoms with Crippen LogP contribution in [0.1, 0.15) is 36.3 Å². The molecule has 0 aliphatic rings. The first-order valence-electron chi connectivity index (χ1n) is 8.55. The molecule has 0 fully saturated rings. The summed E-state index contributed by atoms with van der Waals surface area (Å²) in [6, 6.07) is 7.97. The lowest BCUT2D eigenvalue weighted by Gasteiger charge is -2.26. The van der Waals surface area contributed by atoms with Gasteiger partial charge in [0.15, 0.2) is 0 Å². The van der Waals surface area contributed by atoms with E-state index >= 15 is 0 Å². The molecule has 1 unspecified atom stereocenters. The third-order valence-corrected chi connectivity index (χ3v) is 5.05. The minimum atomic E-state index is 0.000677. The van der Waals surface area contributed by atoms with Crippen LogP contribution in [0.25, 0.3) is 11.0 Å². The lowest BCUT2D eigenvalue weighted by Crippen LogP contribution is -2.30. The average molecular weight is 339 g/mol. The summed E-state index contributed by atoms with van der Waals surface area (Å²) in [7, 11) is 3.80. The van der Waals surface area contributed by atoms with Crippen LogP contribution in [-0.2, 0) is 18.4 Å². The third-order valence-electron chi connectivity index (χ3n) is 5.05. The Hall–Kier alpha value is -2.63. The van der Waals surface area contributed by atoms with Gasteiger partial charge in [-0.05, 0) is 32.9 Å². The number of nitrogens with zero attached hydrogens (tertiary/aromatic N) is 5. The van der Waals surface area contributed by atoms with Crippen molar-refractivity contribution in [1.29, 1.82) is 0 Å². The van der Waals surface area contributed by atoms with Crippen LogP contribution < -0.4 is 0 Å². The minimum Gasteiger partial charge on any atom is -0.339 e. The Bertz CT molecular complexity index is 908. The first kappa shape index (κ1) is 17.2. The second-order valence-corrected chi connectivity index (χ2v) is 6.57. The van der Waals surface area contributed by atoms with Gasteiger partial charge in [0.1, 0.15) is 0 Å². The van der Waals surface area contributed by atoms with Crippen molar-refractivity contribution in [2.45, 2.75) is 39.8 Å². The standard InChI is InChI=1S/C19H25N5O/c1-13-19(15(3)23(5)21-13)14(2)22(4)18(25)10-11-24-12-20-16-8-6-7-9-17(16)24/h6-9,12,14H,10-11H2,1-5H3. The van der Waals surface area contributed by atoms with Gasteiger partial charge in [0.25, 0.3) is 0 Å². The number of carbonyl (C=O) groups is 1. The van der Waals surface area contributed by atoms with Gasteiger partial charge in [-0.15, -0.1) is 0 Å². The molecule has 25 heavy (non-hydrogen) atoms. The molecule has 2 aromatic heterocycles. The fraction of sp³-hybridized carbons (Fsp3) is 0.421. The normalized spacial score (nSPS) is 12.5. The molecule has 0 N–H and O–H groups in total. The zero-order chi connectivity index (χ0) is 18.1. The van der Waals surface area contributed by atoms with Crippen molar-refractivity contribution >= 4 is 16.9 Å². The molecule has 0 bridgehead atoms. The third kappa shape index (κ3) is 3.16. The van der Waals surface area contributed by atoms with E-state index in [1.54, 1.807) is 6.33 Å². The molecule has 0 saturated carbocycles. The van der Waals surface area contributed by atoms with Gasteiger partial charge in [-0.3, -0.25) is 9.48 Å². The largest absolute Gasteiger partial charge is 0.339 e. The SMILES string of the molecule is Cc1nn(C)c(C)c1C(C)N(C)C(=O)CCn1cnc2ccccc21. The topological polar surface area (TPSA) is 56.0 Å². The summed E-state index contributed by atoms with van der Waals surface area (Å²) in [6.07, 6.45) is 2.25. The Balaban J connectivity index is 1.70. The molecule has 1 amide bonds. The maximum Gasteiger partial charge on any atom is 0.224 e. The van der Waals surface area contributed by atoms with E-state index in [9.17, 15) is 4.79 Å². The lowest BCUT2D eigenvalue weighted by molar-refractivity contribution is -0.132. The molecule has 3 aromatic rings. The highest BCUT2D eigenvalue weighted by Gasteiger charge is 2.23. The van der Waals surface area contributed by atoms with Crippen LogP contribution >= 0.6 is 0 Å². The van der Waals surface area contributed by atoms with Crippen molar-refractivity contribution in [3.8, 4) is 0 Å². The number of amides is 1. The Morgan fingerprint density at radius 1 is 1.28 bits per heavy atom. The molecule has 1 aromatic carbocycles. The molecule has 6 heteroatoms. The van der Waals surface area contributed by atoms with Crippen molar-refractivity contribution in [3.05, 3.63) is 47.5 Å². The van der Waals surface area contributed by atoms with E-state index in [4.69, 9.17) is 0 Å². The highest BCUT2D eigenvalue weighted by Crippen LogP contribution is 2.25. The predicted molar refractivity (Wildman–Crippen MR) is 98.2 cm³/mol. The first-order chi connectivity index (χ1) is 11.9. The molecule has 0 spiro atoms. The average Bonchev–Trinajstić information content (AvgIpc) is 3.12. The van der Waals surface area contributed by atoms with Crippen LogP contribution in [0, 0.1) is 13.8 Å². The van der Waals surface area contributed by atoms with Crippen molar-refractivity contribution < 1.29 is 4.79 Å². The number of rotatable bonds is 5. The number of imidazole rings is 1. The van der Waals surface area contributed by atoms with E-state index in [0.717, 1.165) is 28.0 Å². The molecule has 0 aliphatic carbocycles. The van der Waals surface area contributed by atoms with Crippen LogP contribution in [0.5, 0.6) is 0 Å². The molecule has 1 atom stereocenters. The monoisotopic (exact) mass is 339 g/mol. The van der Waals surface area contributed by atoms with E-state index in [0.29, 0.717) is 13.0 Å². The second kappa shape index (κ2) is 6.70. The summed E-state index contributed by atoms with van der Waals surface area (Å²) < 4.78 is 3.91. The van der Waals surface area contributed by atoms with Crippen LogP contribution in [-0.4, -0.2) is 37.2 Å². The van der Waals surface area contributed by atoms with Crippen molar-refractivity contribution in [2.24, 2.45) is 7.05 Å². The molecule has 0 saturated heterocycles. The van der Waals surface area contributed by atoms with Gasteiger partial charge in [-0.1, -0.05) is 12.1 Å². The second-order valence-electron chi connectivity index (χ2n) is 6.57. The number of benzene rings is 1. The van der Waals surface area contributed by atoms with Gasteiger partial charge in [0.05, 0.1) is 29.1 Å². The summed E-state index contributed by atoms with van der Waals surface area (Å²) in [5, 5.41) is 4.46. The summed E-state index contributed by atoms with van der Waals surface area (Å²) in [5.74, 6) is 0.118. The number of hydrogen-bond donors (Lipinski definition) is 0. The van der Waals surface area contributed by atoms with Crippen molar-refractivity contribution in [3.63, 3.8) is 0 Å². The quantitative estimate of drug-likeness (QED) is 0.718. The van der Waals surface area contributed by atoms with Gasteiger partial charge >= 0.3 is 0 Å². The molecule has 6 nitrogen and oxygen atoms in total. The molecule has 0 radical (unpaired) electrons. The van der Waals surface area contributed by atoms with Gasteiger partial charge < -0.3 is 9.47 Å².